The zero-order valence-electron chi connectivity index (χ0n) is 17.8. The summed E-state index contributed by atoms with van der Waals surface area (Å²) in [5.74, 6) is 0.0363. The van der Waals surface area contributed by atoms with Crippen LogP contribution in [0.5, 0.6) is 5.75 Å². The van der Waals surface area contributed by atoms with E-state index in [2.05, 4.69) is 16.4 Å². The van der Waals surface area contributed by atoms with E-state index in [-0.39, 0.29) is 34.4 Å². The molecule has 1 saturated carbocycles. The fourth-order valence-electron chi connectivity index (χ4n) is 4.95. The zero-order chi connectivity index (χ0) is 22.4. The number of rotatable bonds is 3. The second-order valence-corrected chi connectivity index (χ2v) is 8.69. The number of hydrogen-bond acceptors (Lipinski definition) is 6. The molecule has 1 unspecified atom stereocenters. The quantitative estimate of drug-likeness (QED) is 0.603. The van der Waals surface area contributed by atoms with Crippen molar-refractivity contribution in [2.45, 2.75) is 50.6 Å². The van der Waals surface area contributed by atoms with Crippen molar-refractivity contribution in [3.63, 3.8) is 0 Å². The summed E-state index contributed by atoms with van der Waals surface area (Å²) in [7, 11) is 0. The number of nitrogens with zero attached hydrogens (tertiary/aromatic N) is 3. The van der Waals surface area contributed by atoms with Crippen molar-refractivity contribution >= 4 is 22.3 Å². The Bertz CT molecular complexity index is 1290. The summed E-state index contributed by atoms with van der Waals surface area (Å²) in [6.45, 7) is 2.22. The standard InChI is InChI=1S/C24H24FN5O2/c1-13-12-32-24-21(29-17-6-4-14(5-7-17)15-3-2-8-28-10-15)19(25)20(27)18-22(24)30(13)11-16(9-26)23(18)31/h2-3,8,10-11,13-14,17,29H,4-7,12,27H2,1H3. The van der Waals surface area contributed by atoms with E-state index in [1.54, 1.807) is 10.8 Å². The van der Waals surface area contributed by atoms with Crippen LogP contribution < -0.4 is 21.2 Å². The summed E-state index contributed by atoms with van der Waals surface area (Å²) in [5, 5.41) is 12.7. The van der Waals surface area contributed by atoms with Gasteiger partial charge >= 0.3 is 0 Å². The van der Waals surface area contributed by atoms with Crippen LogP contribution in [0.4, 0.5) is 15.8 Å². The molecule has 2 aromatic heterocycles. The van der Waals surface area contributed by atoms with Crippen LogP contribution in [0.25, 0.3) is 10.9 Å². The molecule has 7 nitrogen and oxygen atoms in total. The minimum atomic E-state index is -0.699. The number of aromatic nitrogens is 2. The van der Waals surface area contributed by atoms with Crippen molar-refractivity contribution in [3.8, 4) is 11.8 Å². The van der Waals surface area contributed by atoms with E-state index in [1.165, 1.54) is 11.8 Å². The molecule has 1 aromatic carbocycles. The molecule has 0 amide bonds. The number of nitrogen functional groups attached to an aromatic ring is 1. The molecule has 1 aliphatic carbocycles. The summed E-state index contributed by atoms with van der Waals surface area (Å²) < 4.78 is 23.2. The summed E-state index contributed by atoms with van der Waals surface area (Å²) in [6, 6.07) is 5.89. The fourth-order valence-corrected chi connectivity index (χ4v) is 4.95. The smallest absolute Gasteiger partial charge is 0.209 e. The number of hydrogen-bond donors (Lipinski definition) is 2. The van der Waals surface area contributed by atoms with E-state index in [0.717, 1.165) is 25.7 Å². The van der Waals surface area contributed by atoms with Crippen LogP contribution in [0, 0.1) is 17.1 Å². The number of pyridine rings is 2. The summed E-state index contributed by atoms with van der Waals surface area (Å²) in [6.07, 6.45) is 8.88. The highest BCUT2D eigenvalue weighted by molar-refractivity contribution is 6.00. The number of nitrogens with two attached hydrogens (primary N) is 1. The van der Waals surface area contributed by atoms with Crippen LogP contribution in [-0.4, -0.2) is 22.2 Å². The van der Waals surface area contributed by atoms with Crippen LogP contribution in [0.2, 0.25) is 0 Å². The average Bonchev–Trinajstić information content (AvgIpc) is 2.82. The van der Waals surface area contributed by atoms with E-state index < -0.39 is 11.2 Å². The lowest BCUT2D eigenvalue weighted by molar-refractivity contribution is 0.247. The van der Waals surface area contributed by atoms with E-state index in [0.29, 0.717) is 23.8 Å². The lowest BCUT2D eigenvalue weighted by Crippen LogP contribution is -2.29. The van der Waals surface area contributed by atoms with E-state index >= 15 is 4.39 Å². The van der Waals surface area contributed by atoms with Gasteiger partial charge in [0, 0.05) is 24.6 Å². The molecule has 1 fully saturated rings. The summed E-state index contributed by atoms with van der Waals surface area (Å²) in [5.41, 5.74) is 7.11. The lowest BCUT2D eigenvalue weighted by Gasteiger charge is -2.33. The maximum Gasteiger partial charge on any atom is 0.209 e. The number of benzene rings is 1. The number of ether oxygens (including phenoxy) is 1. The minimum absolute atomic E-state index is 0.00827. The van der Waals surface area contributed by atoms with Crippen molar-refractivity contribution in [2.75, 3.05) is 17.7 Å². The highest BCUT2D eigenvalue weighted by Gasteiger charge is 2.31. The van der Waals surface area contributed by atoms with Gasteiger partial charge in [0.15, 0.2) is 11.6 Å². The third-order valence-corrected chi connectivity index (χ3v) is 6.70. The van der Waals surface area contributed by atoms with Gasteiger partial charge in [-0.05, 0) is 50.2 Å². The van der Waals surface area contributed by atoms with Gasteiger partial charge in [0.25, 0.3) is 0 Å². The minimum Gasteiger partial charge on any atom is -0.487 e. The predicted octanol–water partition coefficient (Wildman–Crippen LogP) is 4.08. The fraction of sp³-hybridized carbons (Fsp3) is 0.375. The third-order valence-electron chi connectivity index (χ3n) is 6.70. The van der Waals surface area contributed by atoms with Crippen LogP contribution in [0.15, 0.2) is 35.5 Å². The van der Waals surface area contributed by atoms with Gasteiger partial charge in [-0.15, -0.1) is 0 Å². The van der Waals surface area contributed by atoms with Gasteiger partial charge in [0.05, 0.1) is 22.6 Å². The largest absolute Gasteiger partial charge is 0.487 e. The predicted molar refractivity (Wildman–Crippen MR) is 120 cm³/mol. The van der Waals surface area contributed by atoms with Crippen molar-refractivity contribution < 1.29 is 9.13 Å². The van der Waals surface area contributed by atoms with Gasteiger partial charge in [-0.1, -0.05) is 6.07 Å². The molecule has 5 rings (SSSR count). The van der Waals surface area contributed by atoms with Crippen LogP contribution in [0.3, 0.4) is 0 Å². The Morgan fingerprint density at radius 2 is 2.12 bits per heavy atom. The van der Waals surface area contributed by atoms with Crippen LogP contribution in [0.1, 0.15) is 55.7 Å². The van der Waals surface area contributed by atoms with Crippen molar-refractivity contribution in [3.05, 3.63) is 57.9 Å². The molecule has 8 heteroatoms. The first-order chi connectivity index (χ1) is 15.5. The molecular weight excluding hydrogens is 409 g/mol. The van der Waals surface area contributed by atoms with E-state index in [1.807, 2.05) is 25.3 Å². The molecule has 0 spiro atoms. The first kappa shape index (κ1) is 20.3. The number of nitrogens with one attached hydrogen (secondary N) is 1. The lowest BCUT2D eigenvalue weighted by atomic mass is 9.82. The molecule has 3 aromatic rings. The molecule has 1 aliphatic heterocycles. The maximum absolute atomic E-state index is 15.4. The second kappa shape index (κ2) is 7.83. The Hall–Kier alpha value is -3.60. The molecule has 0 radical (unpaired) electrons. The topological polar surface area (TPSA) is 106 Å². The Morgan fingerprint density at radius 3 is 2.81 bits per heavy atom. The monoisotopic (exact) mass is 433 g/mol. The molecule has 164 valence electrons. The number of nitriles is 1. The number of halogens is 1. The molecule has 1 atom stereocenters. The second-order valence-electron chi connectivity index (χ2n) is 8.69. The average molecular weight is 433 g/mol. The Morgan fingerprint density at radius 1 is 1.34 bits per heavy atom. The molecule has 0 saturated heterocycles. The van der Waals surface area contributed by atoms with E-state index in [9.17, 15) is 10.1 Å². The van der Waals surface area contributed by atoms with Crippen molar-refractivity contribution in [1.82, 2.24) is 9.55 Å². The third kappa shape index (κ3) is 3.16. The maximum atomic E-state index is 15.4. The molecule has 2 aliphatic rings. The Kier molecular flexibility index (Phi) is 4.97. The van der Waals surface area contributed by atoms with Gasteiger partial charge in [-0.3, -0.25) is 9.78 Å². The number of anilines is 2. The summed E-state index contributed by atoms with van der Waals surface area (Å²) in [4.78, 5) is 17.0. The van der Waals surface area contributed by atoms with Crippen LogP contribution in [-0.2, 0) is 0 Å². The SMILES string of the molecule is CC1COc2c(NC3CCC(c4cccnc4)CC3)c(F)c(N)c3c(=O)c(C#N)cn1c23. The highest BCUT2D eigenvalue weighted by Crippen LogP contribution is 2.44. The van der Waals surface area contributed by atoms with Gasteiger partial charge in [0.1, 0.15) is 23.9 Å². The van der Waals surface area contributed by atoms with Gasteiger partial charge in [-0.2, -0.15) is 5.26 Å². The molecular formula is C24H24FN5O2. The van der Waals surface area contributed by atoms with Gasteiger partial charge in [0.2, 0.25) is 5.43 Å². The first-order valence-corrected chi connectivity index (χ1v) is 10.9. The highest BCUT2D eigenvalue weighted by atomic mass is 19.1. The van der Waals surface area contributed by atoms with Gasteiger partial charge in [-0.25, -0.2) is 4.39 Å². The molecule has 3 heterocycles. The van der Waals surface area contributed by atoms with Crippen molar-refractivity contribution in [2.24, 2.45) is 0 Å². The zero-order valence-corrected chi connectivity index (χ0v) is 17.8. The molecule has 32 heavy (non-hydrogen) atoms. The Balaban J connectivity index is 1.52. The van der Waals surface area contributed by atoms with Gasteiger partial charge < -0.3 is 20.4 Å². The summed E-state index contributed by atoms with van der Waals surface area (Å²) >= 11 is 0. The van der Waals surface area contributed by atoms with Crippen LogP contribution >= 0.6 is 0 Å². The van der Waals surface area contributed by atoms with E-state index in [4.69, 9.17) is 10.5 Å². The molecule has 0 bridgehead atoms. The normalized spacial score (nSPS) is 22.2. The Labute approximate surface area is 184 Å². The molecule has 3 N–H and O–H groups in total. The first-order valence-electron chi connectivity index (χ1n) is 10.9. The van der Waals surface area contributed by atoms with Crippen molar-refractivity contribution in [1.29, 1.82) is 5.26 Å².